The molecule has 0 aliphatic carbocycles. The van der Waals surface area contributed by atoms with Crippen LogP contribution >= 0.6 is 11.6 Å². The minimum absolute atomic E-state index is 0.0796. The summed E-state index contributed by atoms with van der Waals surface area (Å²) in [5.74, 6) is 0.898. The third-order valence-electron chi connectivity index (χ3n) is 9.04. The van der Waals surface area contributed by atoms with E-state index in [1.54, 1.807) is 0 Å². The summed E-state index contributed by atoms with van der Waals surface area (Å²) in [7, 11) is 2.16. The second-order valence-corrected chi connectivity index (χ2v) is 11.9. The second kappa shape index (κ2) is 9.82. The van der Waals surface area contributed by atoms with Crippen LogP contribution in [-0.2, 0) is 22.5 Å². The molecule has 2 aromatic carbocycles. The molecule has 0 N–H and O–H groups in total. The van der Waals surface area contributed by atoms with Crippen LogP contribution in [0, 0.1) is 0 Å². The lowest BCUT2D eigenvalue weighted by Gasteiger charge is -2.47. The lowest BCUT2D eigenvalue weighted by molar-refractivity contribution is -0.194. The Bertz CT molecular complexity index is 1410. The Kier molecular flexibility index (Phi) is 6.27. The van der Waals surface area contributed by atoms with Crippen LogP contribution in [0.2, 0.25) is 5.02 Å². The number of piperidine rings is 1. The van der Waals surface area contributed by atoms with Crippen molar-refractivity contribution in [3.05, 3.63) is 52.7 Å². The van der Waals surface area contributed by atoms with Crippen molar-refractivity contribution >= 4 is 39.8 Å². The number of fused-ring (bicyclic) bond motifs is 2. The number of hydrogen-bond acceptors (Lipinski definition) is 8. The van der Waals surface area contributed by atoms with E-state index in [0.717, 1.165) is 84.9 Å². The Morgan fingerprint density at radius 3 is 2.62 bits per heavy atom. The van der Waals surface area contributed by atoms with Gasteiger partial charge in [-0.25, -0.2) is 0 Å². The minimum Gasteiger partial charge on any atom is -0.462 e. The molecular formula is C30H34ClN5O3. The molecule has 4 aliphatic heterocycles. The number of carbonyl (C=O) groups is 1. The largest absolute Gasteiger partial charge is 0.462 e. The predicted molar refractivity (Wildman–Crippen MR) is 152 cm³/mol. The van der Waals surface area contributed by atoms with Gasteiger partial charge < -0.3 is 24.2 Å². The van der Waals surface area contributed by atoms with Gasteiger partial charge in [0.2, 0.25) is 0 Å². The molecule has 0 radical (unpaired) electrons. The van der Waals surface area contributed by atoms with Crippen molar-refractivity contribution in [3.63, 3.8) is 0 Å². The van der Waals surface area contributed by atoms with Crippen LogP contribution < -0.4 is 14.5 Å². The van der Waals surface area contributed by atoms with Crippen molar-refractivity contribution in [2.24, 2.45) is 0 Å². The van der Waals surface area contributed by atoms with Gasteiger partial charge in [0.1, 0.15) is 18.0 Å². The number of likely N-dealkylation sites (N-methyl/N-ethyl adjacent to an activating group) is 1. The first-order valence-corrected chi connectivity index (χ1v) is 14.5. The third-order valence-corrected chi connectivity index (χ3v) is 9.36. The molecule has 1 aromatic heterocycles. The molecule has 1 spiro atoms. The third kappa shape index (κ3) is 4.57. The van der Waals surface area contributed by atoms with Gasteiger partial charge in [0.25, 0.3) is 0 Å². The number of benzene rings is 2. The molecular weight excluding hydrogens is 514 g/mol. The Balaban J connectivity index is 1.20. The van der Waals surface area contributed by atoms with Crippen molar-refractivity contribution in [2.75, 3.05) is 49.6 Å². The molecule has 1 atom stereocenters. The summed E-state index contributed by atoms with van der Waals surface area (Å²) in [6, 6.07) is 13.3. The number of rotatable bonds is 5. The zero-order valence-corrected chi connectivity index (χ0v) is 23.1. The molecule has 7 rings (SSSR count). The number of nitrogens with zero attached hydrogens (tertiary/aromatic N) is 5. The fourth-order valence-corrected chi connectivity index (χ4v) is 7.00. The van der Waals surface area contributed by atoms with Gasteiger partial charge in [-0.05, 0) is 50.4 Å². The van der Waals surface area contributed by atoms with Gasteiger partial charge in [0.05, 0.1) is 23.7 Å². The molecule has 0 bridgehead atoms. The average molecular weight is 548 g/mol. The molecule has 3 aromatic rings. The van der Waals surface area contributed by atoms with Gasteiger partial charge in [-0.1, -0.05) is 35.9 Å². The lowest BCUT2D eigenvalue weighted by Crippen LogP contribution is -2.55. The number of esters is 1. The fraction of sp³-hybridized carbons (Fsp3) is 0.500. The van der Waals surface area contributed by atoms with Gasteiger partial charge in [0, 0.05) is 55.2 Å². The zero-order chi connectivity index (χ0) is 26.6. The molecule has 39 heavy (non-hydrogen) atoms. The average Bonchev–Trinajstić information content (AvgIpc) is 3.35. The van der Waals surface area contributed by atoms with Crippen molar-refractivity contribution in [2.45, 2.75) is 56.7 Å². The van der Waals surface area contributed by atoms with E-state index in [0.29, 0.717) is 31.6 Å². The maximum atomic E-state index is 11.5. The Morgan fingerprint density at radius 1 is 1.08 bits per heavy atom. The lowest BCUT2D eigenvalue weighted by atomic mass is 9.84. The standard InChI is InChI=1S/C30H34ClN5O3/c1-34-13-4-7-21(34)19-38-29-32-24-18-36(25-9-3-6-20-5-2-8-23(31)27(20)25)14-10-22(24)28(33-29)35-15-11-30(12-16-35)17-26(37)39-30/h2-3,5-6,8-9,21H,4,7,10-19H2,1H3. The van der Waals surface area contributed by atoms with E-state index in [9.17, 15) is 4.79 Å². The number of carbonyl (C=O) groups excluding carboxylic acids is 1. The van der Waals surface area contributed by atoms with Crippen molar-refractivity contribution in [1.29, 1.82) is 0 Å². The van der Waals surface area contributed by atoms with Gasteiger partial charge in [0.15, 0.2) is 0 Å². The molecule has 5 heterocycles. The monoisotopic (exact) mass is 547 g/mol. The predicted octanol–water partition coefficient (Wildman–Crippen LogP) is 4.60. The fourth-order valence-electron chi connectivity index (χ4n) is 6.72. The Morgan fingerprint density at radius 2 is 1.87 bits per heavy atom. The zero-order valence-electron chi connectivity index (χ0n) is 22.4. The van der Waals surface area contributed by atoms with Gasteiger partial charge in [-0.3, -0.25) is 4.79 Å². The molecule has 4 aliphatic rings. The number of halogens is 1. The topological polar surface area (TPSA) is 71.0 Å². The normalized spacial score (nSPS) is 22.6. The molecule has 0 saturated carbocycles. The van der Waals surface area contributed by atoms with Crippen molar-refractivity contribution < 1.29 is 14.3 Å². The van der Waals surface area contributed by atoms with Crippen LogP contribution in [-0.4, -0.2) is 72.3 Å². The number of aromatic nitrogens is 2. The van der Waals surface area contributed by atoms with Crippen LogP contribution in [0.3, 0.4) is 0 Å². The molecule has 3 fully saturated rings. The number of likely N-dealkylation sites (tertiary alicyclic amines) is 1. The molecule has 8 nitrogen and oxygen atoms in total. The molecule has 0 amide bonds. The first-order valence-electron chi connectivity index (χ1n) is 14.1. The Hall–Kier alpha value is -3.10. The molecule has 204 valence electrons. The Labute approximate surface area is 233 Å². The highest BCUT2D eigenvalue weighted by Gasteiger charge is 2.48. The molecule has 9 heteroatoms. The van der Waals surface area contributed by atoms with Gasteiger partial charge in [-0.15, -0.1) is 0 Å². The molecule has 1 unspecified atom stereocenters. The van der Waals surface area contributed by atoms with Crippen molar-refractivity contribution in [3.8, 4) is 6.01 Å². The second-order valence-electron chi connectivity index (χ2n) is 11.5. The number of hydrogen-bond donors (Lipinski definition) is 0. The van der Waals surface area contributed by atoms with Crippen LogP contribution in [0.5, 0.6) is 6.01 Å². The first kappa shape index (κ1) is 24.9. The first-order chi connectivity index (χ1) is 19.0. The summed E-state index contributed by atoms with van der Waals surface area (Å²) in [6.45, 7) is 4.85. The van der Waals surface area contributed by atoms with E-state index >= 15 is 0 Å². The summed E-state index contributed by atoms with van der Waals surface area (Å²) in [4.78, 5) is 28.6. The highest BCUT2D eigenvalue weighted by Crippen LogP contribution is 2.41. The quantitative estimate of drug-likeness (QED) is 0.429. The van der Waals surface area contributed by atoms with E-state index < -0.39 is 0 Å². The summed E-state index contributed by atoms with van der Waals surface area (Å²) < 4.78 is 11.8. The number of anilines is 2. The van der Waals surface area contributed by atoms with Crippen molar-refractivity contribution in [1.82, 2.24) is 14.9 Å². The minimum atomic E-state index is -0.266. The van der Waals surface area contributed by atoms with Crippen LogP contribution in [0.1, 0.15) is 43.4 Å². The molecule has 3 saturated heterocycles. The van der Waals surface area contributed by atoms with E-state index in [1.165, 1.54) is 12.0 Å². The maximum Gasteiger partial charge on any atom is 0.318 e. The summed E-state index contributed by atoms with van der Waals surface area (Å²) >= 11 is 6.68. The maximum absolute atomic E-state index is 11.5. The summed E-state index contributed by atoms with van der Waals surface area (Å²) in [6.07, 6.45) is 5.38. The smallest absolute Gasteiger partial charge is 0.318 e. The van der Waals surface area contributed by atoms with Gasteiger partial charge >= 0.3 is 12.0 Å². The summed E-state index contributed by atoms with van der Waals surface area (Å²) in [5.41, 5.74) is 3.08. The SMILES string of the molecule is CN1CCCC1COc1nc2c(c(N3CCC4(CC3)CC(=O)O4)n1)CCN(c1cccc3cccc(Cl)c13)C2. The highest BCUT2D eigenvalue weighted by atomic mass is 35.5. The summed E-state index contributed by atoms with van der Waals surface area (Å²) in [5, 5.41) is 2.98. The van der Waals surface area contributed by atoms with Crippen LogP contribution in [0.25, 0.3) is 10.8 Å². The van der Waals surface area contributed by atoms with E-state index in [4.69, 9.17) is 31.0 Å². The van der Waals surface area contributed by atoms with E-state index in [-0.39, 0.29) is 11.6 Å². The van der Waals surface area contributed by atoms with Crippen LogP contribution in [0.4, 0.5) is 11.5 Å². The van der Waals surface area contributed by atoms with E-state index in [1.807, 2.05) is 12.1 Å². The van der Waals surface area contributed by atoms with E-state index in [2.05, 4.69) is 46.0 Å². The highest BCUT2D eigenvalue weighted by molar-refractivity contribution is 6.36. The number of ether oxygens (including phenoxy) is 2. The van der Waals surface area contributed by atoms with Gasteiger partial charge in [-0.2, -0.15) is 9.97 Å². The van der Waals surface area contributed by atoms with Crippen LogP contribution in [0.15, 0.2) is 36.4 Å².